The van der Waals surface area contributed by atoms with E-state index in [2.05, 4.69) is 5.32 Å². The summed E-state index contributed by atoms with van der Waals surface area (Å²) < 4.78 is 13.8. The number of hydrogen-bond donors (Lipinski definition) is 1. The van der Waals surface area contributed by atoms with E-state index in [4.69, 9.17) is 0 Å². The van der Waals surface area contributed by atoms with Crippen LogP contribution in [-0.4, -0.2) is 16.8 Å². The van der Waals surface area contributed by atoms with Gasteiger partial charge in [0.25, 0.3) is 5.91 Å². The highest BCUT2D eigenvalue weighted by molar-refractivity contribution is 6.07. The lowest BCUT2D eigenvalue weighted by atomic mass is 9.91. The van der Waals surface area contributed by atoms with Gasteiger partial charge >= 0.3 is 6.03 Å². The topological polar surface area (TPSA) is 49.4 Å². The zero-order valence-electron chi connectivity index (χ0n) is 13.0. The number of imide groups is 1. The smallest absolute Gasteiger partial charge is 0.319 e. The van der Waals surface area contributed by atoms with Crippen molar-refractivity contribution in [2.75, 3.05) is 0 Å². The number of hydrogen-bond acceptors (Lipinski definition) is 2. The van der Waals surface area contributed by atoms with Gasteiger partial charge in [-0.1, -0.05) is 48.0 Å². The van der Waals surface area contributed by atoms with Crippen LogP contribution in [0.3, 0.4) is 0 Å². The molecule has 5 heteroatoms. The molecule has 1 heterocycles. The number of amides is 3. The third kappa shape index (κ3) is 2.59. The molecule has 1 aliphatic rings. The van der Waals surface area contributed by atoms with Crippen molar-refractivity contribution in [2.45, 2.75) is 25.9 Å². The Morgan fingerprint density at radius 1 is 1.09 bits per heavy atom. The van der Waals surface area contributed by atoms with Crippen LogP contribution < -0.4 is 5.32 Å². The SMILES string of the molecule is Cc1ccc([C@]2(C)NC(=O)N(Cc3ccccc3F)C2=O)cc1. The minimum atomic E-state index is -1.13. The number of benzene rings is 2. The second-order valence-electron chi connectivity index (χ2n) is 5.90. The zero-order chi connectivity index (χ0) is 16.6. The first kappa shape index (κ1) is 15.2. The lowest BCUT2D eigenvalue weighted by Gasteiger charge is -2.22. The first-order chi connectivity index (χ1) is 10.9. The van der Waals surface area contributed by atoms with Gasteiger partial charge in [-0.15, -0.1) is 0 Å². The lowest BCUT2D eigenvalue weighted by Crippen LogP contribution is -2.40. The number of nitrogens with one attached hydrogen (secondary N) is 1. The molecule has 1 saturated heterocycles. The average Bonchev–Trinajstić information content (AvgIpc) is 2.74. The van der Waals surface area contributed by atoms with Crippen LogP contribution in [0, 0.1) is 12.7 Å². The predicted molar refractivity (Wildman–Crippen MR) is 84.0 cm³/mol. The summed E-state index contributed by atoms with van der Waals surface area (Å²) in [6.45, 7) is 3.53. The summed E-state index contributed by atoms with van der Waals surface area (Å²) >= 11 is 0. The summed E-state index contributed by atoms with van der Waals surface area (Å²) in [5.41, 5.74) is 0.953. The molecular weight excluding hydrogens is 295 g/mol. The van der Waals surface area contributed by atoms with Gasteiger partial charge in [0.05, 0.1) is 6.54 Å². The standard InChI is InChI=1S/C18H17FN2O2/c1-12-7-9-14(10-8-12)18(2)16(22)21(17(23)20-18)11-13-5-3-4-6-15(13)19/h3-10H,11H2,1-2H3,(H,20,23)/t18-/m0/s1. The van der Waals surface area contributed by atoms with Crippen molar-refractivity contribution >= 4 is 11.9 Å². The third-order valence-corrected chi connectivity index (χ3v) is 4.19. The molecule has 3 rings (SSSR count). The van der Waals surface area contributed by atoms with Crippen molar-refractivity contribution in [1.29, 1.82) is 0 Å². The number of rotatable bonds is 3. The van der Waals surface area contributed by atoms with Gasteiger partial charge in [-0.25, -0.2) is 9.18 Å². The molecule has 2 aromatic rings. The van der Waals surface area contributed by atoms with Gasteiger partial charge < -0.3 is 5.32 Å². The summed E-state index contributed by atoms with van der Waals surface area (Å²) in [5, 5.41) is 2.72. The van der Waals surface area contributed by atoms with Crippen molar-refractivity contribution in [3.63, 3.8) is 0 Å². The molecule has 1 fully saturated rings. The summed E-state index contributed by atoms with van der Waals surface area (Å²) in [4.78, 5) is 26.0. The van der Waals surface area contributed by atoms with Gasteiger partial charge in [0, 0.05) is 5.56 Å². The molecule has 0 aliphatic carbocycles. The van der Waals surface area contributed by atoms with Crippen LogP contribution in [0.15, 0.2) is 48.5 Å². The van der Waals surface area contributed by atoms with Crippen LogP contribution in [0.1, 0.15) is 23.6 Å². The molecule has 0 aromatic heterocycles. The third-order valence-electron chi connectivity index (χ3n) is 4.19. The Hall–Kier alpha value is -2.69. The van der Waals surface area contributed by atoms with Gasteiger partial charge in [0.15, 0.2) is 0 Å². The molecule has 1 atom stereocenters. The fourth-order valence-corrected chi connectivity index (χ4v) is 2.72. The number of aryl methyl sites for hydroxylation is 1. The maximum Gasteiger partial charge on any atom is 0.325 e. The van der Waals surface area contributed by atoms with Gasteiger partial charge in [-0.2, -0.15) is 0 Å². The summed E-state index contributed by atoms with van der Waals surface area (Å²) in [6, 6.07) is 13.0. The summed E-state index contributed by atoms with van der Waals surface area (Å²) in [7, 11) is 0. The van der Waals surface area contributed by atoms with Crippen molar-refractivity contribution < 1.29 is 14.0 Å². The molecule has 0 bridgehead atoms. The maximum atomic E-state index is 13.8. The second kappa shape index (κ2) is 5.50. The Morgan fingerprint density at radius 3 is 2.39 bits per heavy atom. The highest BCUT2D eigenvalue weighted by atomic mass is 19.1. The Morgan fingerprint density at radius 2 is 1.74 bits per heavy atom. The minimum Gasteiger partial charge on any atom is -0.319 e. The van der Waals surface area contributed by atoms with E-state index in [0.29, 0.717) is 11.1 Å². The molecule has 0 saturated carbocycles. The number of halogens is 1. The van der Waals surface area contributed by atoms with E-state index in [0.717, 1.165) is 10.5 Å². The van der Waals surface area contributed by atoms with E-state index in [-0.39, 0.29) is 12.5 Å². The van der Waals surface area contributed by atoms with Crippen LogP contribution in [0.25, 0.3) is 0 Å². The Labute approximate surface area is 133 Å². The first-order valence-electron chi connectivity index (χ1n) is 7.36. The predicted octanol–water partition coefficient (Wildman–Crippen LogP) is 3.10. The molecule has 2 aromatic carbocycles. The van der Waals surface area contributed by atoms with E-state index in [9.17, 15) is 14.0 Å². The molecular formula is C18H17FN2O2. The van der Waals surface area contributed by atoms with E-state index in [1.165, 1.54) is 6.07 Å². The Bertz CT molecular complexity index is 773. The minimum absolute atomic E-state index is 0.0845. The van der Waals surface area contributed by atoms with Gasteiger partial charge in [0.2, 0.25) is 0 Å². The number of carbonyl (C=O) groups excluding carboxylic acids is 2. The zero-order valence-corrected chi connectivity index (χ0v) is 13.0. The molecule has 1 aliphatic heterocycles. The van der Waals surface area contributed by atoms with Crippen molar-refractivity contribution in [3.8, 4) is 0 Å². The maximum absolute atomic E-state index is 13.8. The first-order valence-corrected chi connectivity index (χ1v) is 7.36. The Kier molecular flexibility index (Phi) is 3.64. The fourth-order valence-electron chi connectivity index (χ4n) is 2.72. The van der Waals surface area contributed by atoms with Crippen molar-refractivity contribution in [2.24, 2.45) is 0 Å². The second-order valence-corrected chi connectivity index (χ2v) is 5.90. The fraction of sp³-hybridized carbons (Fsp3) is 0.222. The molecule has 4 nitrogen and oxygen atoms in total. The summed E-state index contributed by atoms with van der Waals surface area (Å²) in [5.74, 6) is -0.813. The number of urea groups is 1. The van der Waals surface area contributed by atoms with E-state index in [1.807, 2.05) is 31.2 Å². The van der Waals surface area contributed by atoms with E-state index >= 15 is 0 Å². The lowest BCUT2D eigenvalue weighted by molar-refractivity contribution is -0.131. The van der Waals surface area contributed by atoms with Gasteiger partial charge in [-0.05, 0) is 25.5 Å². The van der Waals surface area contributed by atoms with Crippen molar-refractivity contribution in [3.05, 3.63) is 71.0 Å². The van der Waals surface area contributed by atoms with Crippen LogP contribution in [-0.2, 0) is 16.9 Å². The number of nitrogens with zero attached hydrogens (tertiary/aromatic N) is 1. The highest BCUT2D eigenvalue weighted by Crippen LogP contribution is 2.30. The van der Waals surface area contributed by atoms with Crippen LogP contribution in [0.5, 0.6) is 0 Å². The summed E-state index contributed by atoms with van der Waals surface area (Å²) in [6.07, 6.45) is 0. The van der Waals surface area contributed by atoms with Crippen molar-refractivity contribution in [1.82, 2.24) is 10.2 Å². The molecule has 23 heavy (non-hydrogen) atoms. The highest BCUT2D eigenvalue weighted by Gasteiger charge is 2.48. The molecule has 0 unspecified atom stereocenters. The largest absolute Gasteiger partial charge is 0.325 e. The van der Waals surface area contributed by atoms with E-state index in [1.54, 1.807) is 25.1 Å². The van der Waals surface area contributed by atoms with Crippen LogP contribution in [0.4, 0.5) is 9.18 Å². The van der Waals surface area contributed by atoms with Crippen LogP contribution >= 0.6 is 0 Å². The molecule has 3 amide bonds. The molecule has 0 spiro atoms. The number of carbonyl (C=O) groups is 2. The van der Waals surface area contributed by atoms with Crippen LogP contribution in [0.2, 0.25) is 0 Å². The van der Waals surface area contributed by atoms with E-state index < -0.39 is 17.4 Å². The quantitative estimate of drug-likeness (QED) is 0.885. The average molecular weight is 312 g/mol. The monoisotopic (exact) mass is 312 g/mol. The molecule has 0 radical (unpaired) electrons. The molecule has 1 N–H and O–H groups in total. The van der Waals surface area contributed by atoms with Gasteiger partial charge in [-0.3, -0.25) is 9.69 Å². The van der Waals surface area contributed by atoms with Gasteiger partial charge in [0.1, 0.15) is 11.4 Å². The Balaban J connectivity index is 1.90. The molecule has 118 valence electrons. The normalized spacial score (nSPS) is 20.7.